The molecule has 0 aliphatic carbocycles. The molecule has 0 aromatic rings. The molecule has 1 amide bonds. The number of hydrogen-bond donors (Lipinski definition) is 0. The van der Waals surface area contributed by atoms with Crippen LogP contribution in [-0.2, 0) is 14.3 Å². The topological polar surface area (TPSA) is 55.8 Å². The quantitative estimate of drug-likeness (QED) is 0.490. The minimum Gasteiger partial charge on any atom is -0.463 e. The van der Waals surface area contributed by atoms with Crippen molar-refractivity contribution in [1.29, 1.82) is 0 Å². The van der Waals surface area contributed by atoms with E-state index in [1.807, 2.05) is 0 Å². The van der Waals surface area contributed by atoms with Gasteiger partial charge in [0.2, 0.25) is 0 Å². The van der Waals surface area contributed by atoms with Crippen molar-refractivity contribution < 1.29 is 19.1 Å². The second-order valence-electron chi connectivity index (χ2n) is 2.86. The predicted molar refractivity (Wildman–Crippen MR) is 48.7 cm³/mol. The van der Waals surface area contributed by atoms with Crippen LogP contribution >= 0.6 is 0 Å². The van der Waals surface area contributed by atoms with E-state index in [9.17, 15) is 9.59 Å². The highest BCUT2D eigenvalue weighted by atomic mass is 16.6. The van der Waals surface area contributed by atoms with Crippen molar-refractivity contribution in [3.8, 4) is 0 Å². The molecule has 1 fully saturated rings. The number of esters is 1. The van der Waals surface area contributed by atoms with Crippen molar-refractivity contribution >= 4 is 12.1 Å². The van der Waals surface area contributed by atoms with Gasteiger partial charge in [0.1, 0.15) is 6.61 Å². The maximum atomic E-state index is 11.1. The van der Waals surface area contributed by atoms with Crippen LogP contribution in [0, 0.1) is 0 Å². The Kier molecular flexibility index (Phi) is 3.50. The number of cyclic esters (lactones) is 1. The van der Waals surface area contributed by atoms with Gasteiger partial charge in [-0.05, 0) is 6.92 Å². The molecule has 5 heteroatoms. The van der Waals surface area contributed by atoms with Crippen LogP contribution in [0.4, 0.5) is 4.79 Å². The first kappa shape index (κ1) is 10.6. The number of carbonyl (C=O) groups excluding carboxylic acids is 2. The number of carbonyl (C=O) groups is 2. The van der Waals surface area contributed by atoms with E-state index in [0.29, 0.717) is 19.8 Å². The zero-order chi connectivity index (χ0) is 10.6. The van der Waals surface area contributed by atoms with Gasteiger partial charge in [-0.3, -0.25) is 0 Å². The Bertz CT molecular complexity index is 262. The normalized spacial score (nSPS) is 15.2. The van der Waals surface area contributed by atoms with Gasteiger partial charge in [0.15, 0.2) is 0 Å². The highest BCUT2D eigenvalue weighted by molar-refractivity contribution is 5.89. The van der Waals surface area contributed by atoms with Gasteiger partial charge in [-0.1, -0.05) is 6.58 Å². The van der Waals surface area contributed by atoms with Crippen LogP contribution in [-0.4, -0.2) is 43.3 Å². The molecular weight excluding hydrogens is 186 g/mol. The number of hydrogen-bond acceptors (Lipinski definition) is 4. The Labute approximate surface area is 82.3 Å². The molecule has 78 valence electrons. The monoisotopic (exact) mass is 199 g/mol. The Morgan fingerprint density at radius 2 is 2.43 bits per heavy atom. The van der Waals surface area contributed by atoms with Crippen LogP contribution in [0.2, 0.25) is 0 Å². The molecule has 1 rings (SSSR count). The summed E-state index contributed by atoms with van der Waals surface area (Å²) < 4.78 is 9.43. The first-order valence-electron chi connectivity index (χ1n) is 4.41. The van der Waals surface area contributed by atoms with Gasteiger partial charge >= 0.3 is 12.1 Å². The SMILES string of the molecule is C=C(CN1CCOC1=O)C(=O)OCC. The summed E-state index contributed by atoms with van der Waals surface area (Å²) >= 11 is 0. The molecule has 0 N–H and O–H groups in total. The average molecular weight is 199 g/mol. The van der Waals surface area contributed by atoms with Crippen LogP contribution in [0.25, 0.3) is 0 Å². The second kappa shape index (κ2) is 4.64. The number of nitrogens with zero attached hydrogens (tertiary/aromatic N) is 1. The maximum absolute atomic E-state index is 11.1. The van der Waals surface area contributed by atoms with E-state index >= 15 is 0 Å². The summed E-state index contributed by atoms with van der Waals surface area (Å²) in [6.45, 7) is 6.62. The van der Waals surface area contributed by atoms with E-state index in [0.717, 1.165) is 0 Å². The van der Waals surface area contributed by atoms with Crippen molar-refractivity contribution in [2.45, 2.75) is 6.92 Å². The smallest absolute Gasteiger partial charge is 0.410 e. The van der Waals surface area contributed by atoms with Gasteiger partial charge in [-0.2, -0.15) is 0 Å². The molecule has 5 nitrogen and oxygen atoms in total. The summed E-state index contributed by atoms with van der Waals surface area (Å²) in [5, 5.41) is 0. The average Bonchev–Trinajstić information content (AvgIpc) is 2.52. The summed E-state index contributed by atoms with van der Waals surface area (Å²) in [4.78, 5) is 23.6. The van der Waals surface area contributed by atoms with Crippen LogP contribution in [0.15, 0.2) is 12.2 Å². The van der Waals surface area contributed by atoms with Gasteiger partial charge in [0.25, 0.3) is 0 Å². The van der Waals surface area contributed by atoms with E-state index in [1.165, 1.54) is 4.90 Å². The number of ether oxygens (including phenoxy) is 2. The lowest BCUT2D eigenvalue weighted by molar-refractivity contribution is -0.138. The zero-order valence-corrected chi connectivity index (χ0v) is 8.12. The molecule has 0 aromatic heterocycles. The van der Waals surface area contributed by atoms with Gasteiger partial charge < -0.3 is 14.4 Å². The third kappa shape index (κ3) is 2.48. The van der Waals surface area contributed by atoms with Crippen molar-refractivity contribution in [2.75, 3.05) is 26.3 Å². The second-order valence-corrected chi connectivity index (χ2v) is 2.86. The Morgan fingerprint density at radius 1 is 1.71 bits per heavy atom. The largest absolute Gasteiger partial charge is 0.463 e. The van der Waals surface area contributed by atoms with Crippen molar-refractivity contribution in [2.24, 2.45) is 0 Å². The molecule has 1 heterocycles. The summed E-state index contributed by atoms with van der Waals surface area (Å²) in [6, 6.07) is 0. The van der Waals surface area contributed by atoms with E-state index in [-0.39, 0.29) is 12.1 Å². The third-order valence-electron chi connectivity index (χ3n) is 1.79. The van der Waals surface area contributed by atoms with Crippen molar-refractivity contribution in [1.82, 2.24) is 4.90 Å². The lowest BCUT2D eigenvalue weighted by atomic mass is 10.3. The van der Waals surface area contributed by atoms with Gasteiger partial charge in [0.05, 0.1) is 19.7 Å². The minimum absolute atomic E-state index is 0.178. The molecular formula is C9H13NO4. The summed E-state index contributed by atoms with van der Waals surface area (Å²) in [7, 11) is 0. The first-order valence-corrected chi connectivity index (χ1v) is 4.41. The van der Waals surface area contributed by atoms with Crippen LogP contribution < -0.4 is 0 Å². The molecule has 0 saturated carbocycles. The van der Waals surface area contributed by atoms with Gasteiger partial charge in [-0.25, -0.2) is 9.59 Å². The summed E-state index contributed by atoms with van der Waals surface area (Å²) in [5.41, 5.74) is 0.269. The molecule has 1 saturated heterocycles. The van der Waals surface area contributed by atoms with Crippen LogP contribution in [0.5, 0.6) is 0 Å². The van der Waals surface area contributed by atoms with Crippen LogP contribution in [0.3, 0.4) is 0 Å². The van der Waals surface area contributed by atoms with Crippen molar-refractivity contribution in [3.05, 3.63) is 12.2 Å². The van der Waals surface area contributed by atoms with Crippen LogP contribution in [0.1, 0.15) is 6.92 Å². The fourth-order valence-corrected chi connectivity index (χ4v) is 1.10. The van der Waals surface area contributed by atoms with E-state index in [2.05, 4.69) is 6.58 Å². The van der Waals surface area contributed by atoms with Crippen molar-refractivity contribution in [3.63, 3.8) is 0 Å². The molecule has 1 aliphatic heterocycles. The van der Waals surface area contributed by atoms with Gasteiger partial charge in [0, 0.05) is 5.57 Å². The molecule has 0 atom stereocenters. The molecule has 0 radical (unpaired) electrons. The fourth-order valence-electron chi connectivity index (χ4n) is 1.10. The molecule has 14 heavy (non-hydrogen) atoms. The first-order chi connectivity index (χ1) is 6.65. The third-order valence-corrected chi connectivity index (χ3v) is 1.79. The fraction of sp³-hybridized carbons (Fsp3) is 0.556. The zero-order valence-electron chi connectivity index (χ0n) is 8.12. The highest BCUT2D eigenvalue weighted by Crippen LogP contribution is 2.06. The lowest BCUT2D eigenvalue weighted by Gasteiger charge is -2.13. The van der Waals surface area contributed by atoms with E-state index in [4.69, 9.17) is 9.47 Å². The molecule has 0 aromatic carbocycles. The predicted octanol–water partition coefficient (Wildman–Crippen LogP) is 0.558. The summed E-state index contributed by atoms with van der Waals surface area (Å²) in [6.07, 6.45) is -0.407. The molecule has 1 aliphatic rings. The van der Waals surface area contributed by atoms with E-state index in [1.54, 1.807) is 6.92 Å². The number of amides is 1. The minimum atomic E-state index is -0.466. The Hall–Kier alpha value is -1.52. The maximum Gasteiger partial charge on any atom is 0.410 e. The van der Waals surface area contributed by atoms with Gasteiger partial charge in [-0.15, -0.1) is 0 Å². The standard InChI is InChI=1S/C9H13NO4/c1-3-13-8(11)7(2)6-10-4-5-14-9(10)12/h2-6H2,1H3. The lowest BCUT2D eigenvalue weighted by Crippen LogP contribution is -2.29. The molecule has 0 unspecified atom stereocenters. The molecule has 0 bridgehead atoms. The molecule has 0 spiro atoms. The Balaban J connectivity index is 2.40. The van der Waals surface area contributed by atoms with E-state index < -0.39 is 12.1 Å². The number of rotatable bonds is 4. The summed E-state index contributed by atoms with van der Waals surface area (Å²) in [5.74, 6) is -0.466. The highest BCUT2D eigenvalue weighted by Gasteiger charge is 2.24. The Morgan fingerprint density at radius 3 is 2.93 bits per heavy atom.